The van der Waals surface area contributed by atoms with Crippen molar-refractivity contribution >= 4 is 5.96 Å². The van der Waals surface area contributed by atoms with E-state index in [9.17, 15) is 0 Å². The zero-order valence-electron chi connectivity index (χ0n) is 16.0. The number of aliphatic imine (C=N–C) groups is 1. The van der Waals surface area contributed by atoms with Crippen LogP contribution in [-0.4, -0.2) is 72.6 Å². The van der Waals surface area contributed by atoms with E-state index in [4.69, 9.17) is 4.42 Å². The minimum atomic E-state index is -0.0260. The third kappa shape index (κ3) is 4.73. The summed E-state index contributed by atoms with van der Waals surface area (Å²) in [5.74, 6) is 2.39. The first-order valence-corrected chi connectivity index (χ1v) is 9.39. The lowest BCUT2D eigenvalue weighted by molar-refractivity contribution is 0.0154. The van der Waals surface area contributed by atoms with Crippen molar-refractivity contribution in [3.05, 3.63) is 17.8 Å². The van der Waals surface area contributed by atoms with E-state index in [-0.39, 0.29) is 5.41 Å². The van der Waals surface area contributed by atoms with Gasteiger partial charge in [-0.05, 0) is 6.92 Å². The number of piperazine rings is 3. The average Bonchev–Trinajstić information content (AvgIpc) is 3.08. The molecule has 3 saturated heterocycles. The lowest BCUT2D eigenvalue weighted by Crippen LogP contribution is -2.63. The van der Waals surface area contributed by atoms with Gasteiger partial charge in [0.25, 0.3) is 0 Å². The van der Waals surface area contributed by atoms with Crippen molar-refractivity contribution < 1.29 is 4.42 Å². The molecule has 25 heavy (non-hydrogen) atoms. The Morgan fingerprint density at radius 3 is 2.60 bits per heavy atom. The van der Waals surface area contributed by atoms with Gasteiger partial charge in [0.15, 0.2) is 5.96 Å². The summed E-state index contributed by atoms with van der Waals surface area (Å²) in [6.45, 7) is 16.6. The second-order valence-corrected chi connectivity index (χ2v) is 7.93. The van der Waals surface area contributed by atoms with Gasteiger partial charge in [-0.2, -0.15) is 0 Å². The van der Waals surface area contributed by atoms with Crippen LogP contribution in [0.2, 0.25) is 0 Å². The summed E-state index contributed by atoms with van der Waals surface area (Å²) in [4.78, 5) is 14.1. The molecule has 3 fully saturated rings. The van der Waals surface area contributed by atoms with E-state index in [0.29, 0.717) is 18.5 Å². The van der Waals surface area contributed by atoms with E-state index in [1.807, 2.05) is 6.20 Å². The lowest BCUT2D eigenvalue weighted by Gasteiger charge is -2.47. The summed E-state index contributed by atoms with van der Waals surface area (Å²) in [6, 6.07) is 0.570. The SMILES string of the molecule is CCNC(=NCc1ncc(C(C)(C)C)o1)NCC1CN2CCN1CC2. The molecule has 140 valence electrons. The molecular formula is C18H32N6O. The van der Waals surface area contributed by atoms with Crippen LogP contribution in [0.5, 0.6) is 0 Å². The molecular weight excluding hydrogens is 316 g/mol. The van der Waals surface area contributed by atoms with Crippen molar-refractivity contribution in [2.75, 3.05) is 45.8 Å². The third-order valence-electron chi connectivity index (χ3n) is 4.91. The molecule has 1 atom stereocenters. The molecule has 7 nitrogen and oxygen atoms in total. The van der Waals surface area contributed by atoms with Crippen LogP contribution >= 0.6 is 0 Å². The van der Waals surface area contributed by atoms with E-state index in [1.54, 1.807) is 0 Å². The summed E-state index contributed by atoms with van der Waals surface area (Å²) >= 11 is 0. The zero-order valence-corrected chi connectivity index (χ0v) is 16.0. The Bertz CT molecular complexity index is 583. The van der Waals surface area contributed by atoms with Crippen molar-refractivity contribution in [2.45, 2.75) is 45.7 Å². The number of fused-ring (bicyclic) bond motifs is 3. The first-order chi connectivity index (χ1) is 12.0. The van der Waals surface area contributed by atoms with Gasteiger partial charge in [-0.25, -0.2) is 9.98 Å². The molecule has 1 aromatic rings. The molecule has 4 rings (SSSR count). The Morgan fingerprint density at radius 1 is 1.28 bits per heavy atom. The van der Waals surface area contributed by atoms with Gasteiger partial charge in [0.05, 0.1) is 6.20 Å². The van der Waals surface area contributed by atoms with Gasteiger partial charge in [-0.15, -0.1) is 0 Å². The molecule has 1 aromatic heterocycles. The number of rotatable bonds is 5. The highest BCUT2D eigenvalue weighted by Gasteiger charge is 2.31. The van der Waals surface area contributed by atoms with Crippen molar-refractivity contribution in [1.29, 1.82) is 0 Å². The van der Waals surface area contributed by atoms with Crippen molar-refractivity contribution in [2.24, 2.45) is 4.99 Å². The number of nitrogens with zero attached hydrogens (tertiary/aromatic N) is 4. The van der Waals surface area contributed by atoms with Crippen molar-refractivity contribution in [1.82, 2.24) is 25.4 Å². The smallest absolute Gasteiger partial charge is 0.216 e. The van der Waals surface area contributed by atoms with Crippen LogP contribution < -0.4 is 10.6 Å². The fourth-order valence-electron chi connectivity index (χ4n) is 3.35. The highest BCUT2D eigenvalue weighted by molar-refractivity contribution is 5.79. The van der Waals surface area contributed by atoms with E-state index in [2.05, 4.69) is 58.1 Å². The molecule has 4 heterocycles. The summed E-state index contributed by atoms with van der Waals surface area (Å²) in [5.41, 5.74) is -0.0260. The Balaban J connectivity index is 1.55. The fourth-order valence-corrected chi connectivity index (χ4v) is 3.35. The minimum Gasteiger partial charge on any atom is -0.443 e. The van der Waals surface area contributed by atoms with Crippen LogP contribution in [0.4, 0.5) is 0 Å². The largest absolute Gasteiger partial charge is 0.443 e. The number of oxazole rings is 1. The molecule has 2 bridgehead atoms. The van der Waals surface area contributed by atoms with Gasteiger partial charge in [-0.3, -0.25) is 9.80 Å². The van der Waals surface area contributed by atoms with Crippen molar-refractivity contribution in [3.8, 4) is 0 Å². The molecule has 0 aromatic carbocycles. The van der Waals surface area contributed by atoms with E-state index >= 15 is 0 Å². The predicted octanol–water partition coefficient (Wildman–Crippen LogP) is 1.03. The van der Waals surface area contributed by atoms with Crippen LogP contribution in [0, 0.1) is 0 Å². The Kier molecular flexibility index (Phi) is 5.64. The summed E-state index contributed by atoms with van der Waals surface area (Å²) in [5, 5.41) is 6.79. The number of nitrogens with one attached hydrogen (secondary N) is 2. The molecule has 0 radical (unpaired) electrons. The molecule has 1 unspecified atom stereocenters. The topological polar surface area (TPSA) is 68.9 Å². The maximum absolute atomic E-state index is 5.82. The second kappa shape index (κ2) is 7.74. The second-order valence-electron chi connectivity index (χ2n) is 7.93. The Labute approximate surface area is 150 Å². The molecule has 0 saturated carbocycles. The first-order valence-electron chi connectivity index (χ1n) is 9.39. The normalized spacial score (nSPS) is 26.7. The highest BCUT2D eigenvalue weighted by Crippen LogP contribution is 2.22. The fraction of sp³-hybridized carbons (Fsp3) is 0.778. The maximum Gasteiger partial charge on any atom is 0.216 e. The molecule has 0 aliphatic carbocycles. The van der Waals surface area contributed by atoms with Crippen LogP contribution in [0.15, 0.2) is 15.6 Å². The van der Waals surface area contributed by atoms with E-state index < -0.39 is 0 Å². The molecule has 2 N–H and O–H groups in total. The number of hydrogen-bond donors (Lipinski definition) is 2. The Hall–Kier alpha value is -1.60. The maximum atomic E-state index is 5.82. The van der Waals surface area contributed by atoms with Crippen LogP contribution in [-0.2, 0) is 12.0 Å². The number of guanidine groups is 1. The molecule has 0 amide bonds. The molecule has 3 aliphatic rings. The van der Waals surface area contributed by atoms with Gasteiger partial charge >= 0.3 is 0 Å². The third-order valence-corrected chi connectivity index (χ3v) is 4.91. The zero-order chi connectivity index (χ0) is 17.9. The monoisotopic (exact) mass is 348 g/mol. The number of hydrogen-bond acceptors (Lipinski definition) is 5. The number of aromatic nitrogens is 1. The summed E-state index contributed by atoms with van der Waals surface area (Å²) in [7, 11) is 0. The first kappa shape index (κ1) is 18.2. The van der Waals surface area contributed by atoms with Gasteiger partial charge in [-0.1, -0.05) is 20.8 Å². The van der Waals surface area contributed by atoms with E-state index in [1.165, 1.54) is 26.2 Å². The van der Waals surface area contributed by atoms with E-state index in [0.717, 1.165) is 31.4 Å². The average molecular weight is 348 g/mol. The van der Waals surface area contributed by atoms with Gasteiger partial charge in [0.2, 0.25) is 5.89 Å². The lowest BCUT2D eigenvalue weighted by atomic mass is 9.94. The van der Waals surface area contributed by atoms with Crippen molar-refractivity contribution in [3.63, 3.8) is 0 Å². The molecule has 3 aliphatic heterocycles. The minimum absolute atomic E-state index is 0.0260. The van der Waals surface area contributed by atoms with Gasteiger partial charge in [0.1, 0.15) is 12.3 Å². The summed E-state index contributed by atoms with van der Waals surface area (Å²) < 4.78 is 5.82. The van der Waals surface area contributed by atoms with Crippen LogP contribution in [0.3, 0.4) is 0 Å². The standard InChI is InChI=1S/C18H32N6O/c1-5-19-17(21-10-14-13-23-6-8-24(14)9-7-23)22-12-16-20-11-15(25-16)18(2,3)4/h11,14H,5-10,12-13H2,1-4H3,(H2,19,21,22). The highest BCUT2D eigenvalue weighted by atomic mass is 16.4. The van der Waals surface area contributed by atoms with Crippen LogP contribution in [0.25, 0.3) is 0 Å². The van der Waals surface area contributed by atoms with Gasteiger partial charge < -0.3 is 15.1 Å². The van der Waals surface area contributed by atoms with Crippen LogP contribution in [0.1, 0.15) is 39.3 Å². The Morgan fingerprint density at radius 2 is 2.04 bits per heavy atom. The summed E-state index contributed by atoms with van der Waals surface area (Å²) in [6.07, 6.45) is 1.81. The molecule has 0 spiro atoms. The predicted molar refractivity (Wildman–Crippen MR) is 99.8 cm³/mol. The van der Waals surface area contributed by atoms with Gasteiger partial charge in [0, 0.05) is 57.3 Å². The quantitative estimate of drug-likeness (QED) is 0.612. The molecule has 7 heteroatoms.